The van der Waals surface area contributed by atoms with E-state index in [1.807, 2.05) is 23.8 Å². The predicted octanol–water partition coefficient (Wildman–Crippen LogP) is 2.10. The van der Waals surface area contributed by atoms with Gasteiger partial charge in [0.2, 0.25) is 0 Å². The van der Waals surface area contributed by atoms with Crippen molar-refractivity contribution in [1.29, 1.82) is 5.26 Å². The van der Waals surface area contributed by atoms with Crippen molar-refractivity contribution in [2.24, 2.45) is 7.05 Å². The van der Waals surface area contributed by atoms with E-state index in [0.717, 1.165) is 11.3 Å². The van der Waals surface area contributed by atoms with Crippen molar-refractivity contribution < 1.29 is 0 Å². The first kappa shape index (κ1) is 10.8. The highest BCUT2D eigenvalue weighted by Gasteiger charge is 2.12. The van der Waals surface area contributed by atoms with Crippen LogP contribution in [0.3, 0.4) is 0 Å². The fourth-order valence-corrected chi connectivity index (χ4v) is 1.91. The van der Waals surface area contributed by atoms with E-state index in [0.29, 0.717) is 17.4 Å². The van der Waals surface area contributed by atoms with Crippen LogP contribution < -0.4 is 0 Å². The monoisotopic (exact) mass is 234 g/mol. The van der Waals surface area contributed by atoms with Gasteiger partial charge < -0.3 is 4.57 Å². The zero-order chi connectivity index (χ0) is 11.7. The second-order valence-corrected chi connectivity index (χ2v) is 3.97. The van der Waals surface area contributed by atoms with Crippen LogP contribution in [0.25, 0.3) is 0 Å². The van der Waals surface area contributed by atoms with Crippen LogP contribution in [-0.4, -0.2) is 14.3 Å². The molecular formula is C11H11ClN4. The molecule has 0 aliphatic carbocycles. The summed E-state index contributed by atoms with van der Waals surface area (Å²) in [5.74, 6) is 0. The average molecular weight is 235 g/mol. The van der Waals surface area contributed by atoms with Gasteiger partial charge in [-0.15, -0.1) is 0 Å². The summed E-state index contributed by atoms with van der Waals surface area (Å²) in [5.41, 5.74) is 2.47. The van der Waals surface area contributed by atoms with Crippen molar-refractivity contribution in [2.45, 2.75) is 13.5 Å². The minimum atomic E-state index is 0.578. The summed E-state index contributed by atoms with van der Waals surface area (Å²) in [6.07, 6.45) is 1.86. The zero-order valence-corrected chi connectivity index (χ0v) is 9.86. The molecule has 16 heavy (non-hydrogen) atoms. The van der Waals surface area contributed by atoms with E-state index >= 15 is 0 Å². The van der Waals surface area contributed by atoms with Crippen LogP contribution in [-0.2, 0) is 13.6 Å². The SMILES string of the molecule is Cc1nn(C)c(Cl)c1Cn1cccc1C#N. The molecule has 2 heterocycles. The second kappa shape index (κ2) is 4.03. The number of rotatable bonds is 2. The largest absolute Gasteiger partial charge is 0.335 e. The third-order valence-electron chi connectivity index (χ3n) is 2.54. The number of hydrogen-bond donors (Lipinski definition) is 0. The Morgan fingerprint density at radius 3 is 2.88 bits per heavy atom. The molecule has 0 amide bonds. The van der Waals surface area contributed by atoms with E-state index in [4.69, 9.17) is 16.9 Å². The maximum atomic E-state index is 8.90. The molecule has 0 saturated carbocycles. The Bertz CT molecular complexity index is 559. The van der Waals surface area contributed by atoms with Crippen molar-refractivity contribution in [3.8, 4) is 6.07 Å². The number of nitriles is 1. The highest BCUT2D eigenvalue weighted by molar-refractivity contribution is 6.30. The van der Waals surface area contributed by atoms with E-state index in [2.05, 4.69) is 11.2 Å². The first-order valence-electron chi connectivity index (χ1n) is 4.86. The Morgan fingerprint density at radius 1 is 1.56 bits per heavy atom. The minimum Gasteiger partial charge on any atom is -0.335 e. The maximum Gasteiger partial charge on any atom is 0.131 e. The molecule has 0 unspecified atom stereocenters. The molecule has 0 aliphatic rings. The lowest BCUT2D eigenvalue weighted by atomic mass is 10.2. The summed E-state index contributed by atoms with van der Waals surface area (Å²) >= 11 is 6.13. The average Bonchev–Trinajstić information content (AvgIpc) is 2.79. The van der Waals surface area contributed by atoms with Crippen LogP contribution in [0.15, 0.2) is 18.3 Å². The van der Waals surface area contributed by atoms with Crippen molar-refractivity contribution in [1.82, 2.24) is 14.3 Å². The second-order valence-electron chi connectivity index (χ2n) is 3.61. The van der Waals surface area contributed by atoms with E-state index in [1.54, 1.807) is 17.8 Å². The van der Waals surface area contributed by atoms with Crippen LogP contribution in [0.4, 0.5) is 0 Å². The lowest BCUT2D eigenvalue weighted by Crippen LogP contribution is -2.01. The molecule has 0 radical (unpaired) electrons. The number of aryl methyl sites for hydroxylation is 2. The number of aromatic nitrogens is 3. The molecule has 0 fully saturated rings. The molecule has 0 saturated heterocycles. The third kappa shape index (κ3) is 1.70. The van der Waals surface area contributed by atoms with Gasteiger partial charge >= 0.3 is 0 Å². The summed E-state index contributed by atoms with van der Waals surface area (Å²) in [4.78, 5) is 0. The summed E-state index contributed by atoms with van der Waals surface area (Å²) in [7, 11) is 1.81. The van der Waals surface area contributed by atoms with Crippen LogP contribution >= 0.6 is 11.6 Å². The first-order valence-corrected chi connectivity index (χ1v) is 5.24. The lowest BCUT2D eigenvalue weighted by molar-refractivity contribution is 0.756. The minimum absolute atomic E-state index is 0.578. The van der Waals surface area contributed by atoms with Crippen LogP contribution in [0.5, 0.6) is 0 Å². The number of nitrogens with zero attached hydrogens (tertiary/aromatic N) is 4. The van der Waals surface area contributed by atoms with E-state index in [-0.39, 0.29) is 0 Å². The Hall–Kier alpha value is -1.73. The Labute approximate surface area is 98.7 Å². The molecule has 0 spiro atoms. The molecular weight excluding hydrogens is 224 g/mol. The van der Waals surface area contributed by atoms with Gasteiger partial charge in [0.25, 0.3) is 0 Å². The Morgan fingerprint density at radius 2 is 2.31 bits per heavy atom. The number of halogens is 1. The fraction of sp³-hybridized carbons (Fsp3) is 0.273. The quantitative estimate of drug-likeness (QED) is 0.799. The zero-order valence-electron chi connectivity index (χ0n) is 9.11. The molecule has 0 aromatic carbocycles. The topological polar surface area (TPSA) is 46.5 Å². The van der Waals surface area contributed by atoms with Crippen LogP contribution in [0.1, 0.15) is 17.0 Å². The molecule has 0 N–H and O–H groups in total. The molecule has 4 nitrogen and oxygen atoms in total. The van der Waals surface area contributed by atoms with Crippen molar-refractivity contribution >= 4 is 11.6 Å². The normalized spacial score (nSPS) is 10.4. The van der Waals surface area contributed by atoms with E-state index in [1.165, 1.54) is 0 Å². The molecule has 0 aliphatic heterocycles. The van der Waals surface area contributed by atoms with Gasteiger partial charge in [0.05, 0.1) is 12.2 Å². The van der Waals surface area contributed by atoms with Gasteiger partial charge in [0, 0.05) is 18.8 Å². The van der Waals surface area contributed by atoms with Crippen LogP contribution in [0.2, 0.25) is 5.15 Å². The molecule has 2 rings (SSSR count). The Balaban J connectivity index is 2.38. The smallest absolute Gasteiger partial charge is 0.131 e. The predicted molar refractivity (Wildman–Crippen MR) is 61.2 cm³/mol. The van der Waals surface area contributed by atoms with E-state index < -0.39 is 0 Å². The van der Waals surface area contributed by atoms with E-state index in [9.17, 15) is 0 Å². The summed E-state index contributed by atoms with van der Waals surface area (Å²) < 4.78 is 3.50. The fourth-order valence-electron chi connectivity index (χ4n) is 1.68. The van der Waals surface area contributed by atoms with Gasteiger partial charge in [0.1, 0.15) is 16.9 Å². The van der Waals surface area contributed by atoms with Gasteiger partial charge in [-0.25, -0.2) is 0 Å². The lowest BCUT2D eigenvalue weighted by Gasteiger charge is -2.04. The summed E-state index contributed by atoms with van der Waals surface area (Å²) in [5, 5.41) is 13.8. The van der Waals surface area contributed by atoms with Crippen LogP contribution in [0, 0.1) is 18.3 Å². The Kier molecular flexibility index (Phi) is 2.71. The number of hydrogen-bond acceptors (Lipinski definition) is 2. The molecule has 82 valence electrons. The maximum absolute atomic E-state index is 8.90. The highest BCUT2D eigenvalue weighted by atomic mass is 35.5. The van der Waals surface area contributed by atoms with Gasteiger partial charge in [0.15, 0.2) is 0 Å². The molecule has 0 bridgehead atoms. The van der Waals surface area contributed by atoms with Gasteiger partial charge in [-0.05, 0) is 19.1 Å². The van der Waals surface area contributed by atoms with Gasteiger partial charge in [-0.1, -0.05) is 11.6 Å². The van der Waals surface area contributed by atoms with Crippen molar-refractivity contribution in [2.75, 3.05) is 0 Å². The third-order valence-corrected chi connectivity index (χ3v) is 3.02. The first-order chi connectivity index (χ1) is 7.63. The van der Waals surface area contributed by atoms with Gasteiger partial charge in [-0.2, -0.15) is 10.4 Å². The standard InChI is InChI=1S/C11H11ClN4/c1-8-10(11(12)15(2)14-8)7-16-5-3-4-9(16)6-13/h3-5H,7H2,1-2H3. The molecule has 2 aromatic rings. The molecule has 5 heteroatoms. The highest BCUT2D eigenvalue weighted by Crippen LogP contribution is 2.20. The van der Waals surface area contributed by atoms with Crippen molar-refractivity contribution in [3.63, 3.8) is 0 Å². The summed E-state index contributed by atoms with van der Waals surface area (Å²) in [6, 6.07) is 5.76. The molecule has 2 aromatic heterocycles. The molecule has 0 atom stereocenters. The summed E-state index contributed by atoms with van der Waals surface area (Å²) in [6.45, 7) is 2.49. The van der Waals surface area contributed by atoms with Crippen molar-refractivity contribution in [3.05, 3.63) is 40.4 Å². The van der Waals surface area contributed by atoms with Gasteiger partial charge in [-0.3, -0.25) is 4.68 Å².